The molecule has 0 spiro atoms. The molecule has 110 valence electrons. The van der Waals surface area contributed by atoms with Crippen molar-refractivity contribution >= 4 is 11.6 Å². The molecule has 2 aliphatic heterocycles. The molecule has 0 saturated carbocycles. The summed E-state index contributed by atoms with van der Waals surface area (Å²) in [5.74, 6) is 1.96. The Morgan fingerprint density at radius 1 is 1.25 bits per heavy atom. The van der Waals surface area contributed by atoms with E-state index in [2.05, 4.69) is 39.3 Å². The fourth-order valence-corrected chi connectivity index (χ4v) is 3.44. The SMILES string of the molecule is CCCNc1ncnc(NC2CCN3CCCC23)c1C. The molecule has 2 aliphatic rings. The highest BCUT2D eigenvalue weighted by atomic mass is 15.2. The summed E-state index contributed by atoms with van der Waals surface area (Å²) in [5.41, 5.74) is 1.14. The van der Waals surface area contributed by atoms with Crippen LogP contribution in [0.15, 0.2) is 6.33 Å². The number of hydrogen-bond donors (Lipinski definition) is 2. The van der Waals surface area contributed by atoms with Gasteiger partial charge in [0.05, 0.1) is 0 Å². The van der Waals surface area contributed by atoms with Crippen LogP contribution < -0.4 is 10.6 Å². The summed E-state index contributed by atoms with van der Waals surface area (Å²) in [4.78, 5) is 11.4. The van der Waals surface area contributed by atoms with Gasteiger partial charge in [-0.3, -0.25) is 4.90 Å². The minimum atomic E-state index is 0.546. The first kappa shape index (κ1) is 13.6. The Morgan fingerprint density at radius 3 is 2.95 bits per heavy atom. The number of nitrogens with one attached hydrogen (secondary N) is 2. The summed E-state index contributed by atoms with van der Waals surface area (Å²) in [6.45, 7) is 7.72. The monoisotopic (exact) mass is 275 g/mol. The van der Waals surface area contributed by atoms with Crippen molar-refractivity contribution in [2.24, 2.45) is 0 Å². The van der Waals surface area contributed by atoms with E-state index in [0.717, 1.165) is 30.2 Å². The lowest BCUT2D eigenvalue weighted by atomic mass is 10.1. The smallest absolute Gasteiger partial charge is 0.134 e. The first-order valence-corrected chi connectivity index (χ1v) is 7.85. The number of nitrogens with zero attached hydrogens (tertiary/aromatic N) is 3. The van der Waals surface area contributed by atoms with E-state index < -0.39 is 0 Å². The van der Waals surface area contributed by atoms with Gasteiger partial charge in [0, 0.05) is 30.7 Å². The zero-order valence-electron chi connectivity index (χ0n) is 12.5. The third kappa shape index (κ3) is 2.59. The summed E-state index contributed by atoms with van der Waals surface area (Å²) in [7, 11) is 0. The van der Waals surface area contributed by atoms with Crippen molar-refractivity contribution in [2.75, 3.05) is 30.3 Å². The highest BCUT2D eigenvalue weighted by Crippen LogP contribution is 2.30. The van der Waals surface area contributed by atoms with Gasteiger partial charge < -0.3 is 10.6 Å². The Morgan fingerprint density at radius 2 is 2.10 bits per heavy atom. The molecule has 2 fully saturated rings. The van der Waals surface area contributed by atoms with Crippen LogP contribution in [0.2, 0.25) is 0 Å². The quantitative estimate of drug-likeness (QED) is 0.863. The number of anilines is 2. The van der Waals surface area contributed by atoms with Crippen LogP contribution in [0.1, 0.15) is 38.2 Å². The molecule has 1 aromatic heterocycles. The van der Waals surface area contributed by atoms with E-state index in [1.54, 1.807) is 6.33 Å². The number of aromatic nitrogens is 2. The van der Waals surface area contributed by atoms with Crippen molar-refractivity contribution in [3.05, 3.63) is 11.9 Å². The second kappa shape index (κ2) is 5.95. The predicted molar refractivity (Wildman–Crippen MR) is 82.2 cm³/mol. The van der Waals surface area contributed by atoms with Gasteiger partial charge in [-0.1, -0.05) is 6.92 Å². The molecule has 2 saturated heterocycles. The average Bonchev–Trinajstić information content (AvgIpc) is 3.04. The van der Waals surface area contributed by atoms with Crippen molar-refractivity contribution in [3.63, 3.8) is 0 Å². The van der Waals surface area contributed by atoms with Crippen LogP contribution in [0.4, 0.5) is 11.6 Å². The predicted octanol–water partition coefficient (Wildman–Crippen LogP) is 2.26. The molecule has 0 bridgehead atoms. The van der Waals surface area contributed by atoms with E-state index in [1.165, 1.54) is 32.4 Å². The summed E-state index contributed by atoms with van der Waals surface area (Å²) < 4.78 is 0. The molecule has 2 N–H and O–H groups in total. The molecule has 0 amide bonds. The van der Waals surface area contributed by atoms with Crippen LogP contribution >= 0.6 is 0 Å². The van der Waals surface area contributed by atoms with E-state index >= 15 is 0 Å². The fourth-order valence-electron chi connectivity index (χ4n) is 3.44. The molecule has 0 aliphatic carbocycles. The molecule has 20 heavy (non-hydrogen) atoms. The number of rotatable bonds is 5. The molecule has 0 radical (unpaired) electrons. The van der Waals surface area contributed by atoms with Crippen LogP contribution in [-0.4, -0.2) is 46.6 Å². The van der Waals surface area contributed by atoms with E-state index in [4.69, 9.17) is 0 Å². The largest absolute Gasteiger partial charge is 0.370 e. The average molecular weight is 275 g/mol. The Kier molecular flexibility index (Phi) is 4.05. The maximum atomic E-state index is 4.44. The second-order valence-electron chi connectivity index (χ2n) is 5.91. The van der Waals surface area contributed by atoms with Crippen molar-refractivity contribution in [2.45, 2.75) is 51.6 Å². The Balaban J connectivity index is 1.71. The van der Waals surface area contributed by atoms with Gasteiger partial charge in [0.1, 0.15) is 18.0 Å². The third-order valence-corrected chi connectivity index (χ3v) is 4.55. The van der Waals surface area contributed by atoms with E-state index in [-0.39, 0.29) is 0 Å². The van der Waals surface area contributed by atoms with Crippen LogP contribution in [0.25, 0.3) is 0 Å². The van der Waals surface area contributed by atoms with Crippen molar-refractivity contribution < 1.29 is 0 Å². The zero-order chi connectivity index (χ0) is 13.9. The topological polar surface area (TPSA) is 53.1 Å². The first-order chi connectivity index (χ1) is 9.79. The van der Waals surface area contributed by atoms with Gasteiger partial charge in [0.2, 0.25) is 0 Å². The number of hydrogen-bond acceptors (Lipinski definition) is 5. The maximum Gasteiger partial charge on any atom is 0.134 e. The molecule has 1 aromatic rings. The Bertz CT molecular complexity index is 462. The molecule has 2 unspecified atom stereocenters. The molecule has 5 heteroatoms. The molecular weight excluding hydrogens is 250 g/mol. The van der Waals surface area contributed by atoms with Crippen LogP contribution in [-0.2, 0) is 0 Å². The summed E-state index contributed by atoms with van der Waals surface area (Å²) in [5, 5.41) is 7.04. The highest BCUT2D eigenvalue weighted by molar-refractivity contribution is 5.57. The van der Waals surface area contributed by atoms with Gasteiger partial charge in [0.15, 0.2) is 0 Å². The van der Waals surface area contributed by atoms with Crippen LogP contribution in [0, 0.1) is 6.92 Å². The lowest BCUT2D eigenvalue weighted by molar-refractivity contribution is 0.318. The minimum Gasteiger partial charge on any atom is -0.370 e. The van der Waals surface area contributed by atoms with Gasteiger partial charge in [-0.05, 0) is 39.2 Å². The van der Waals surface area contributed by atoms with Gasteiger partial charge in [-0.15, -0.1) is 0 Å². The van der Waals surface area contributed by atoms with Gasteiger partial charge in [-0.25, -0.2) is 9.97 Å². The van der Waals surface area contributed by atoms with Gasteiger partial charge in [0.25, 0.3) is 0 Å². The van der Waals surface area contributed by atoms with Crippen LogP contribution in [0.3, 0.4) is 0 Å². The van der Waals surface area contributed by atoms with Crippen LogP contribution in [0.5, 0.6) is 0 Å². The lowest BCUT2D eigenvalue weighted by Gasteiger charge is -2.23. The summed E-state index contributed by atoms with van der Waals surface area (Å²) in [6, 6.07) is 1.25. The standard InChI is InChI=1S/C15H25N5/c1-3-7-16-14-11(2)15(18-10-17-14)19-12-6-9-20-8-4-5-13(12)20/h10,12-13H,3-9H2,1-2H3,(H2,16,17,18,19). The van der Waals surface area contributed by atoms with E-state index in [0.29, 0.717) is 12.1 Å². The number of fused-ring (bicyclic) bond motifs is 1. The Hall–Kier alpha value is -1.36. The van der Waals surface area contributed by atoms with Crippen molar-refractivity contribution in [1.82, 2.24) is 14.9 Å². The van der Waals surface area contributed by atoms with Crippen molar-refractivity contribution in [3.8, 4) is 0 Å². The molecular formula is C15H25N5. The lowest BCUT2D eigenvalue weighted by Crippen LogP contribution is -2.34. The molecule has 0 aromatic carbocycles. The third-order valence-electron chi connectivity index (χ3n) is 4.55. The Labute approximate surface area is 121 Å². The van der Waals surface area contributed by atoms with Gasteiger partial charge in [-0.2, -0.15) is 0 Å². The van der Waals surface area contributed by atoms with E-state index in [9.17, 15) is 0 Å². The normalized spacial score (nSPS) is 25.7. The zero-order valence-corrected chi connectivity index (χ0v) is 12.5. The molecule has 5 nitrogen and oxygen atoms in total. The minimum absolute atomic E-state index is 0.546. The molecule has 3 heterocycles. The summed E-state index contributed by atoms with van der Waals surface area (Å²) in [6.07, 6.45) is 6.66. The summed E-state index contributed by atoms with van der Waals surface area (Å²) >= 11 is 0. The molecule has 2 atom stereocenters. The van der Waals surface area contributed by atoms with E-state index in [1.807, 2.05) is 0 Å². The fraction of sp³-hybridized carbons (Fsp3) is 0.733. The van der Waals surface area contributed by atoms with Crippen molar-refractivity contribution in [1.29, 1.82) is 0 Å². The molecule has 3 rings (SSSR count). The highest BCUT2D eigenvalue weighted by Gasteiger charge is 2.37. The first-order valence-electron chi connectivity index (χ1n) is 7.85. The second-order valence-corrected chi connectivity index (χ2v) is 5.91. The van der Waals surface area contributed by atoms with Gasteiger partial charge >= 0.3 is 0 Å². The maximum absolute atomic E-state index is 4.44.